The van der Waals surface area contributed by atoms with Crippen LogP contribution in [-0.4, -0.2) is 43.4 Å². The lowest BCUT2D eigenvalue weighted by atomic mass is 9.84. The first-order valence-electron chi connectivity index (χ1n) is 9.99. The summed E-state index contributed by atoms with van der Waals surface area (Å²) in [4.78, 5) is 0. The molecule has 1 N–H and O–H groups in total. The van der Waals surface area contributed by atoms with Gasteiger partial charge in [0.15, 0.2) is 6.29 Å². The minimum absolute atomic E-state index is 0.0364. The van der Waals surface area contributed by atoms with E-state index in [9.17, 15) is 0 Å². The van der Waals surface area contributed by atoms with Crippen molar-refractivity contribution in [3.05, 3.63) is 0 Å². The zero-order valence-corrected chi connectivity index (χ0v) is 16.1. The molecular weight excluding hydrogens is 304 g/mol. The molecule has 0 amide bonds. The van der Waals surface area contributed by atoms with Gasteiger partial charge in [0.1, 0.15) is 6.10 Å². The summed E-state index contributed by atoms with van der Waals surface area (Å²) < 4.78 is 17.1. The third-order valence-electron chi connectivity index (χ3n) is 5.45. The Kier molecular flexibility index (Phi) is 8.48. The molecule has 0 saturated carbocycles. The smallest absolute Gasteiger partial charge is 0.157 e. The van der Waals surface area contributed by atoms with E-state index in [1.165, 1.54) is 32.1 Å². The van der Waals surface area contributed by atoms with E-state index in [1.807, 2.05) is 0 Å². The molecule has 4 nitrogen and oxygen atoms in total. The highest BCUT2D eigenvalue weighted by Crippen LogP contribution is 2.34. The van der Waals surface area contributed by atoms with E-state index in [2.05, 4.69) is 27.7 Å². The molecular formula is C20H38O4. The molecule has 2 heterocycles. The second kappa shape index (κ2) is 10.1. The number of ether oxygens (including phenoxy) is 3. The van der Waals surface area contributed by atoms with E-state index in [-0.39, 0.29) is 25.1 Å². The Morgan fingerprint density at radius 1 is 1.00 bits per heavy atom. The lowest BCUT2D eigenvalue weighted by Gasteiger charge is -2.26. The van der Waals surface area contributed by atoms with E-state index in [1.54, 1.807) is 0 Å². The zero-order chi connectivity index (χ0) is 17.5. The highest BCUT2D eigenvalue weighted by Gasteiger charge is 2.42. The topological polar surface area (TPSA) is 51.2 Å². The molecule has 4 heteroatoms. The first-order valence-corrected chi connectivity index (χ1v) is 9.99. The van der Waals surface area contributed by atoms with Gasteiger partial charge in [0.25, 0.3) is 0 Å². The molecule has 0 aromatic rings. The van der Waals surface area contributed by atoms with Gasteiger partial charge in [-0.3, -0.25) is 0 Å². The van der Waals surface area contributed by atoms with Gasteiger partial charge in [-0.1, -0.05) is 27.7 Å². The Bertz CT molecular complexity index is 343. The number of aliphatic hydroxyl groups excluding tert-OH is 1. The second-order valence-electron chi connectivity index (χ2n) is 8.45. The maximum Gasteiger partial charge on any atom is 0.157 e. The van der Waals surface area contributed by atoms with Crippen molar-refractivity contribution in [2.24, 2.45) is 23.7 Å². The predicted molar refractivity (Wildman–Crippen MR) is 95.8 cm³/mol. The molecule has 2 saturated heterocycles. The van der Waals surface area contributed by atoms with E-state index in [0.717, 1.165) is 19.6 Å². The normalized spacial score (nSPS) is 32.1. The molecule has 2 fully saturated rings. The summed E-state index contributed by atoms with van der Waals surface area (Å²) in [6.07, 6.45) is 7.53. The molecule has 142 valence electrons. The third kappa shape index (κ3) is 6.99. The minimum Gasteiger partial charge on any atom is -0.394 e. The van der Waals surface area contributed by atoms with Gasteiger partial charge in [-0.25, -0.2) is 0 Å². The van der Waals surface area contributed by atoms with Crippen molar-refractivity contribution in [3.63, 3.8) is 0 Å². The molecule has 1 unspecified atom stereocenters. The van der Waals surface area contributed by atoms with Crippen molar-refractivity contribution in [1.82, 2.24) is 0 Å². The summed E-state index contributed by atoms with van der Waals surface area (Å²) >= 11 is 0. The maximum atomic E-state index is 9.10. The zero-order valence-electron chi connectivity index (χ0n) is 16.1. The van der Waals surface area contributed by atoms with Gasteiger partial charge >= 0.3 is 0 Å². The van der Waals surface area contributed by atoms with Crippen LogP contribution in [0.25, 0.3) is 0 Å². The monoisotopic (exact) mass is 342 g/mol. The lowest BCUT2D eigenvalue weighted by molar-refractivity contribution is -0.168. The van der Waals surface area contributed by atoms with Gasteiger partial charge in [-0.2, -0.15) is 0 Å². The first-order chi connectivity index (χ1) is 11.5. The van der Waals surface area contributed by atoms with E-state index in [0.29, 0.717) is 23.7 Å². The Balaban J connectivity index is 1.56. The van der Waals surface area contributed by atoms with Gasteiger partial charge in [-0.15, -0.1) is 0 Å². The number of hydrogen-bond acceptors (Lipinski definition) is 4. The molecule has 0 aromatic heterocycles. The van der Waals surface area contributed by atoms with Gasteiger partial charge < -0.3 is 19.3 Å². The van der Waals surface area contributed by atoms with Crippen molar-refractivity contribution in [2.45, 2.75) is 84.7 Å². The fourth-order valence-corrected chi connectivity index (χ4v) is 4.32. The highest BCUT2D eigenvalue weighted by atomic mass is 16.7. The molecule has 7 atom stereocenters. The third-order valence-corrected chi connectivity index (χ3v) is 5.45. The van der Waals surface area contributed by atoms with Crippen LogP contribution in [0.2, 0.25) is 0 Å². The number of rotatable bonds is 11. The van der Waals surface area contributed by atoms with Crippen LogP contribution in [0.4, 0.5) is 0 Å². The Labute approximate surface area is 148 Å². The predicted octanol–water partition coefficient (Wildman–Crippen LogP) is 4.00. The van der Waals surface area contributed by atoms with Crippen LogP contribution in [0.15, 0.2) is 0 Å². The lowest BCUT2D eigenvalue weighted by Crippen LogP contribution is -2.25. The number of aliphatic hydroxyl groups is 1. The molecule has 2 rings (SSSR count). The first kappa shape index (κ1) is 20.2. The van der Waals surface area contributed by atoms with Crippen molar-refractivity contribution >= 4 is 0 Å². The summed E-state index contributed by atoms with van der Waals surface area (Å²) in [5, 5.41) is 9.10. The minimum atomic E-state index is 0.0364. The Morgan fingerprint density at radius 3 is 2.33 bits per heavy atom. The molecule has 24 heavy (non-hydrogen) atoms. The number of hydrogen-bond donors (Lipinski definition) is 1. The quantitative estimate of drug-likeness (QED) is 0.577. The van der Waals surface area contributed by atoms with E-state index in [4.69, 9.17) is 19.3 Å². The molecule has 0 aliphatic carbocycles. The molecule has 2 aliphatic heterocycles. The molecule has 2 aliphatic rings. The van der Waals surface area contributed by atoms with Gasteiger partial charge in [0.05, 0.1) is 19.3 Å². The van der Waals surface area contributed by atoms with Gasteiger partial charge in [0, 0.05) is 6.61 Å². The van der Waals surface area contributed by atoms with Crippen molar-refractivity contribution in [1.29, 1.82) is 0 Å². The van der Waals surface area contributed by atoms with Crippen LogP contribution in [0, 0.1) is 23.7 Å². The summed E-state index contributed by atoms with van der Waals surface area (Å²) in [5.41, 5.74) is 0. The van der Waals surface area contributed by atoms with Crippen molar-refractivity contribution in [2.75, 3.05) is 19.8 Å². The van der Waals surface area contributed by atoms with E-state index < -0.39 is 0 Å². The van der Waals surface area contributed by atoms with Crippen LogP contribution in [-0.2, 0) is 14.2 Å². The van der Waals surface area contributed by atoms with Crippen LogP contribution in [0.1, 0.15) is 66.2 Å². The largest absolute Gasteiger partial charge is 0.394 e. The van der Waals surface area contributed by atoms with Crippen molar-refractivity contribution < 1.29 is 19.3 Å². The standard InChI is InChI=1S/C20H38O4/c1-14(9-15(2)11-17(4)20-18(12-21)24-20)10-16(3)13-23-19-7-5-6-8-22-19/h14-21H,5-13H2,1-4H3/t14-,15+,16+,17+,18-,19?,20-/m1/s1. The molecule has 0 aromatic carbocycles. The average molecular weight is 343 g/mol. The van der Waals surface area contributed by atoms with Crippen LogP contribution in [0.5, 0.6) is 0 Å². The van der Waals surface area contributed by atoms with E-state index >= 15 is 0 Å². The van der Waals surface area contributed by atoms with Crippen LogP contribution >= 0.6 is 0 Å². The maximum absolute atomic E-state index is 9.10. The summed E-state index contributed by atoms with van der Waals surface area (Å²) in [5.74, 6) is 2.55. The summed E-state index contributed by atoms with van der Waals surface area (Å²) in [6, 6.07) is 0. The summed E-state index contributed by atoms with van der Waals surface area (Å²) in [6.45, 7) is 11.1. The Hall–Kier alpha value is -0.160. The van der Waals surface area contributed by atoms with Crippen LogP contribution < -0.4 is 0 Å². The Morgan fingerprint density at radius 2 is 1.71 bits per heavy atom. The SMILES string of the molecule is C[C@@H](C[C@H](C)COC1CCCCO1)C[C@H](C)C[C@H](C)[C@H]1O[C@@H]1CO. The molecule has 0 bridgehead atoms. The number of epoxide rings is 1. The fourth-order valence-electron chi connectivity index (χ4n) is 4.32. The van der Waals surface area contributed by atoms with Gasteiger partial charge in [-0.05, 0) is 62.2 Å². The molecule has 0 radical (unpaired) electrons. The summed E-state index contributed by atoms with van der Waals surface area (Å²) in [7, 11) is 0. The van der Waals surface area contributed by atoms with Crippen molar-refractivity contribution in [3.8, 4) is 0 Å². The second-order valence-corrected chi connectivity index (χ2v) is 8.45. The fraction of sp³-hybridized carbons (Fsp3) is 1.00. The van der Waals surface area contributed by atoms with Gasteiger partial charge in [0.2, 0.25) is 0 Å². The highest BCUT2D eigenvalue weighted by molar-refractivity contribution is 4.88. The van der Waals surface area contributed by atoms with Crippen LogP contribution in [0.3, 0.4) is 0 Å². The molecule has 0 spiro atoms. The average Bonchev–Trinajstić information content (AvgIpc) is 3.33.